The first-order chi connectivity index (χ1) is 28.4. The summed E-state index contributed by atoms with van der Waals surface area (Å²) < 4.78 is 49.6. The fraction of sp³-hybridized carbons (Fsp3) is 0.619. The molecule has 4 amide bonds. The highest BCUT2D eigenvalue weighted by Crippen LogP contribution is 2.43. The highest BCUT2D eigenvalue weighted by Gasteiger charge is 2.34. The number of rotatable bonds is 35. The molecule has 0 saturated heterocycles. The van der Waals surface area contributed by atoms with Gasteiger partial charge in [-0.2, -0.15) is 0 Å². The van der Waals surface area contributed by atoms with Gasteiger partial charge in [0.1, 0.15) is 25.6 Å². The summed E-state index contributed by atoms with van der Waals surface area (Å²) in [6.45, 7) is 6.42. The Balaban J connectivity index is 0.0000348. The van der Waals surface area contributed by atoms with Crippen LogP contribution in [0.3, 0.4) is 0 Å². The Kier molecular flexibility index (Phi) is 31.7. The molecule has 0 aromatic heterocycles. The van der Waals surface area contributed by atoms with Crippen LogP contribution in [0.25, 0.3) is 0 Å². The van der Waals surface area contributed by atoms with Gasteiger partial charge in [0.15, 0.2) is 7.60 Å². The van der Waals surface area contributed by atoms with Crippen LogP contribution in [0.2, 0.25) is 0 Å². The van der Waals surface area contributed by atoms with E-state index in [0.29, 0.717) is 19.8 Å². The molecule has 17 nitrogen and oxygen atoms in total. The van der Waals surface area contributed by atoms with Crippen molar-refractivity contribution < 1.29 is 61.6 Å². The molecule has 4 N–H and O–H groups in total. The van der Waals surface area contributed by atoms with Crippen LogP contribution in [-0.2, 0) is 47.4 Å². The van der Waals surface area contributed by atoms with E-state index in [1.54, 1.807) is 0 Å². The zero-order valence-corrected chi connectivity index (χ0v) is 35.1. The maximum Gasteiger partial charge on any atom is 0.251 e. The lowest BCUT2D eigenvalue weighted by molar-refractivity contribution is -0.193. The van der Waals surface area contributed by atoms with E-state index in [-0.39, 0.29) is 154 Å². The summed E-state index contributed by atoms with van der Waals surface area (Å²) in [5.74, 6) is 5.31. The molecule has 0 saturated carbocycles. The summed E-state index contributed by atoms with van der Waals surface area (Å²) in [7, 11) is -4.29. The molecule has 1 aromatic carbocycles. The van der Waals surface area contributed by atoms with Crippen molar-refractivity contribution in [1.29, 1.82) is 0 Å². The predicted molar refractivity (Wildman–Crippen MR) is 225 cm³/mol. The first kappa shape index (κ1) is 55.5. The lowest BCUT2D eigenvalue weighted by Crippen LogP contribution is -2.50. The van der Waals surface area contributed by atoms with E-state index >= 15 is 0 Å². The summed E-state index contributed by atoms with van der Waals surface area (Å²) in [6, 6.07) is 5.63. The molecule has 18 heteroatoms. The third-order valence-corrected chi connectivity index (χ3v) is 9.94. The summed E-state index contributed by atoms with van der Waals surface area (Å²) in [5, 5.41) is 11.3. The van der Waals surface area contributed by atoms with E-state index in [2.05, 4.69) is 39.0 Å². The molecular formula is C42H64N4O13P-. The minimum atomic E-state index is -4.29. The van der Waals surface area contributed by atoms with Crippen LogP contribution < -0.4 is 30.7 Å². The molecule has 0 spiro atoms. The van der Waals surface area contributed by atoms with Gasteiger partial charge in [-0.15, -0.1) is 19.3 Å². The highest BCUT2D eigenvalue weighted by molar-refractivity contribution is 7.52. The fourth-order valence-corrected chi connectivity index (χ4v) is 5.60. The number of nitrogens with one attached hydrogen (secondary N) is 4. The number of benzene rings is 1. The van der Waals surface area contributed by atoms with E-state index < -0.39 is 24.7 Å². The maximum atomic E-state index is 13.9. The minimum absolute atomic E-state index is 0. The van der Waals surface area contributed by atoms with Gasteiger partial charge in [0.2, 0.25) is 17.7 Å². The van der Waals surface area contributed by atoms with E-state index in [0.717, 1.165) is 0 Å². The van der Waals surface area contributed by atoms with Crippen LogP contribution in [0.4, 0.5) is 0 Å². The Morgan fingerprint density at radius 2 is 1.05 bits per heavy atom. The van der Waals surface area contributed by atoms with Gasteiger partial charge in [-0.25, -0.2) is 0 Å². The Morgan fingerprint density at radius 1 is 0.667 bits per heavy atom. The number of hydrogen-bond acceptors (Lipinski definition) is 13. The van der Waals surface area contributed by atoms with Gasteiger partial charge in [0.05, 0.1) is 59.5 Å². The largest absolute Gasteiger partial charge is 0.769 e. The van der Waals surface area contributed by atoms with E-state index in [4.69, 9.17) is 52.2 Å². The predicted octanol–water partition coefficient (Wildman–Crippen LogP) is 1.82. The molecule has 0 aliphatic carbocycles. The quantitative estimate of drug-likeness (QED) is 0.0435. The van der Waals surface area contributed by atoms with Gasteiger partial charge in [-0.05, 0) is 37.5 Å². The third-order valence-electron chi connectivity index (χ3n) is 8.21. The molecule has 1 unspecified atom stereocenters. The first-order valence-electron chi connectivity index (χ1n) is 19.4. The van der Waals surface area contributed by atoms with E-state index in [1.807, 2.05) is 0 Å². The van der Waals surface area contributed by atoms with Crippen molar-refractivity contribution in [2.24, 2.45) is 0 Å². The van der Waals surface area contributed by atoms with Crippen molar-refractivity contribution in [3.8, 4) is 42.8 Å². The van der Waals surface area contributed by atoms with Gasteiger partial charge in [0.25, 0.3) is 5.91 Å². The van der Waals surface area contributed by atoms with Crippen LogP contribution in [0, 0.1) is 37.0 Å². The monoisotopic (exact) mass is 863 g/mol. The van der Waals surface area contributed by atoms with Crippen LogP contribution >= 0.6 is 7.60 Å². The Hall–Kier alpha value is -4.47. The zero-order valence-electron chi connectivity index (χ0n) is 34.2. The number of ether oxygens (including phenoxy) is 6. The van der Waals surface area contributed by atoms with Crippen LogP contribution in [0.15, 0.2) is 24.3 Å². The summed E-state index contributed by atoms with van der Waals surface area (Å²) >= 11 is 0. The van der Waals surface area contributed by atoms with E-state index in [1.165, 1.54) is 38.1 Å². The van der Waals surface area contributed by atoms with Crippen molar-refractivity contribution in [3.63, 3.8) is 0 Å². The van der Waals surface area contributed by atoms with Crippen molar-refractivity contribution >= 4 is 31.2 Å². The highest BCUT2D eigenvalue weighted by atomic mass is 31.2. The molecule has 0 heterocycles. The molecule has 0 aliphatic rings. The molecule has 60 heavy (non-hydrogen) atoms. The van der Waals surface area contributed by atoms with Crippen molar-refractivity contribution in [2.45, 2.75) is 71.0 Å². The summed E-state index contributed by atoms with van der Waals surface area (Å²) in [5.41, 5.74) is -2.02. The van der Waals surface area contributed by atoms with E-state index in [9.17, 15) is 28.6 Å². The number of carbonyl (C=O) groups is 4. The summed E-state index contributed by atoms with van der Waals surface area (Å²) in [6.07, 6.45) is 15.3. The number of amides is 4. The van der Waals surface area contributed by atoms with Gasteiger partial charge in [0, 0.05) is 55.7 Å². The normalized spacial score (nSPS) is 11.8. The topological polar surface area (TPSA) is 221 Å². The average molecular weight is 864 g/mol. The second-order valence-corrected chi connectivity index (χ2v) is 15.4. The Morgan fingerprint density at radius 3 is 1.42 bits per heavy atom. The average Bonchev–Trinajstić information content (AvgIpc) is 3.21. The Labute approximate surface area is 355 Å². The van der Waals surface area contributed by atoms with Gasteiger partial charge in [-0.1, -0.05) is 45.1 Å². The zero-order chi connectivity index (χ0) is 43.6. The molecule has 0 fully saturated rings. The van der Waals surface area contributed by atoms with Gasteiger partial charge >= 0.3 is 0 Å². The lowest BCUT2D eigenvalue weighted by atomic mass is 9.82. The van der Waals surface area contributed by atoms with Crippen LogP contribution in [0.5, 0.6) is 5.75 Å². The fourth-order valence-electron chi connectivity index (χ4n) is 4.99. The maximum absolute atomic E-state index is 13.9. The molecule has 1 atom stereocenters. The summed E-state index contributed by atoms with van der Waals surface area (Å²) in [4.78, 5) is 65.6. The van der Waals surface area contributed by atoms with Crippen molar-refractivity contribution in [1.82, 2.24) is 21.3 Å². The van der Waals surface area contributed by atoms with Crippen molar-refractivity contribution in [2.75, 3.05) is 98.9 Å². The van der Waals surface area contributed by atoms with Crippen molar-refractivity contribution in [3.05, 3.63) is 29.8 Å². The molecule has 0 bridgehead atoms. The van der Waals surface area contributed by atoms with Crippen LogP contribution in [-0.4, -0.2) is 134 Å². The number of hydrogen-bond donors (Lipinski definition) is 4. The molecule has 1 rings (SSSR count). The molecule has 1 aromatic rings. The lowest BCUT2D eigenvalue weighted by Gasteiger charge is -2.35. The standard InChI is InChI=1S/C41H61N4O13P.CH4/c1-6-21-52-27-30-55-24-18-42-37(46)12-15-41(16-13-38(47)43-19-25-56-31-28-53-22-7-2,17-14-39(48)44-20-26-57-32-29-54-23-8-3)45-40(49)35-10-9-11-36(33-35)58-59(50,51)34(4)5;/h1-3,9-11,33-34H,12-32H2,4-5H3,(H,42,46)(H,43,47)(H,44,48)(H,45,49)(H,50,51);1H4/p-1. The number of terminal acetylenes is 3. The Bertz CT molecular complexity index is 1460. The molecule has 336 valence electrons. The number of carbonyl (C=O) groups excluding carboxylic acids is 4. The minimum Gasteiger partial charge on any atom is -0.769 e. The molecule has 0 radical (unpaired) electrons. The first-order valence-corrected chi connectivity index (χ1v) is 21.0. The third kappa shape index (κ3) is 27.3. The van der Waals surface area contributed by atoms with Gasteiger partial charge < -0.3 is 59.1 Å². The van der Waals surface area contributed by atoms with Gasteiger partial charge in [-0.3, -0.25) is 23.7 Å². The SMILES string of the molecule is C.C#CCOCCOCCNC(=O)CCC(CCC(=O)NCCOCCOCC#C)(CCC(=O)NCCOCCOCC#C)NC(=O)c1cccc(OP(=O)([O-])C(C)C)c1. The van der Waals surface area contributed by atoms with Crippen LogP contribution in [0.1, 0.15) is 70.2 Å². The molecule has 0 aliphatic heterocycles. The second-order valence-electron chi connectivity index (χ2n) is 13.1. The second kappa shape index (κ2) is 34.3. The smallest absolute Gasteiger partial charge is 0.251 e. The molecular weight excluding hydrogens is 799 g/mol.